The lowest BCUT2D eigenvalue weighted by molar-refractivity contribution is 0.0577. The van der Waals surface area contributed by atoms with Crippen molar-refractivity contribution in [3.8, 4) is 0 Å². The van der Waals surface area contributed by atoms with Crippen molar-refractivity contribution in [2.45, 2.75) is 39.2 Å². The number of amides is 1. The summed E-state index contributed by atoms with van der Waals surface area (Å²) in [5, 5.41) is 0. The van der Waals surface area contributed by atoms with E-state index < -0.39 is 5.60 Å². The smallest absolute Gasteiger partial charge is 0.414 e. The Morgan fingerprint density at radius 2 is 2.11 bits per heavy atom. The van der Waals surface area contributed by atoms with Crippen molar-refractivity contribution in [2.24, 2.45) is 0 Å². The van der Waals surface area contributed by atoms with Gasteiger partial charge in [-0.1, -0.05) is 12.1 Å². The molecule has 0 radical (unpaired) electrons. The molecule has 0 unspecified atom stereocenters. The third-order valence-corrected chi connectivity index (χ3v) is 3.65. The van der Waals surface area contributed by atoms with Crippen molar-refractivity contribution in [1.82, 2.24) is 0 Å². The first-order valence-electron chi connectivity index (χ1n) is 6.16. The van der Waals surface area contributed by atoms with E-state index in [-0.39, 0.29) is 6.09 Å². The van der Waals surface area contributed by atoms with Gasteiger partial charge in [-0.25, -0.2) is 4.79 Å². The van der Waals surface area contributed by atoms with Crippen LogP contribution in [0.15, 0.2) is 18.2 Å². The molecule has 0 saturated heterocycles. The number of anilines is 1. The third kappa shape index (κ3) is 2.96. The van der Waals surface area contributed by atoms with Crippen LogP contribution in [0.25, 0.3) is 0 Å². The Morgan fingerprint density at radius 1 is 1.39 bits per heavy atom. The molecule has 0 N–H and O–H groups in total. The lowest BCUT2D eigenvalue weighted by Gasteiger charge is -2.32. The summed E-state index contributed by atoms with van der Waals surface area (Å²) >= 11 is 2.28. The van der Waals surface area contributed by atoms with Crippen molar-refractivity contribution in [3.05, 3.63) is 27.3 Å². The van der Waals surface area contributed by atoms with Crippen LogP contribution in [-0.4, -0.2) is 18.2 Å². The van der Waals surface area contributed by atoms with Crippen LogP contribution < -0.4 is 4.90 Å². The number of para-hydroxylation sites is 1. The fraction of sp³-hybridized carbons (Fsp3) is 0.500. The predicted octanol–water partition coefficient (Wildman–Crippen LogP) is 3.98. The Bertz CT molecular complexity index is 465. The molecule has 0 aliphatic carbocycles. The van der Waals surface area contributed by atoms with Gasteiger partial charge in [0.15, 0.2) is 0 Å². The first-order chi connectivity index (χ1) is 8.38. The van der Waals surface area contributed by atoms with Gasteiger partial charge in [0.2, 0.25) is 0 Å². The van der Waals surface area contributed by atoms with Crippen LogP contribution in [0, 0.1) is 3.57 Å². The zero-order valence-electron chi connectivity index (χ0n) is 11.0. The highest BCUT2D eigenvalue weighted by molar-refractivity contribution is 14.1. The summed E-state index contributed by atoms with van der Waals surface area (Å²) in [6.07, 6.45) is 1.78. The van der Waals surface area contributed by atoms with Crippen LogP contribution in [0.3, 0.4) is 0 Å². The Morgan fingerprint density at radius 3 is 2.78 bits per heavy atom. The van der Waals surface area contributed by atoms with Gasteiger partial charge in [-0.3, -0.25) is 4.90 Å². The Hall–Kier alpha value is -0.780. The molecule has 0 fully saturated rings. The third-order valence-electron chi connectivity index (χ3n) is 2.78. The summed E-state index contributed by atoms with van der Waals surface area (Å²) in [5.74, 6) is 0. The number of halogens is 1. The van der Waals surface area contributed by atoms with E-state index in [1.54, 1.807) is 4.90 Å². The van der Waals surface area contributed by atoms with E-state index in [2.05, 4.69) is 28.7 Å². The van der Waals surface area contributed by atoms with E-state index in [4.69, 9.17) is 4.74 Å². The molecule has 0 aromatic heterocycles. The van der Waals surface area contributed by atoms with E-state index >= 15 is 0 Å². The van der Waals surface area contributed by atoms with Crippen LogP contribution in [0.2, 0.25) is 0 Å². The molecule has 1 aromatic carbocycles. The van der Waals surface area contributed by atoms with Crippen LogP contribution in [0.4, 0.5) is 10.5 Å². The summed E-state index contributed by atoms with van der Waals surface area (Å²) in [4.78, 5) is 14.0. The number of nitrogens with zero attached hydrogens (tertiary/aromatic N) is 1. The van der Waals surface area contributed by atoms with Gasteiger partial charge in [-0.05, 0) is 67.8 Å². The maximum atomic E-state index is 12.2. The van der Waals surface area contributed by atoms with Gasteiger partial charge in [0, 0.05) is 10.1 Å². The number of rotatable bonds is 0. The van der Waals surface area contributed by atoms with E-state index in [1.807, 2.05) is 32.9 Å². The SMILES string of the molecule is CC(C)(C)OC(=O)N1CCCc2cccc(I)c21. The molecule has 1 amide bonds. The summed E-state index contributed by atoms with van der Waals surface area (Å²) < 4.78 is 6.58. The van der Waals surface area contributed by atoms with Crippen LogP contribution in [0.5, 0.6) is 0 Å². The molecule has 0 spiro atoms. The zero-order chi connectivity index (χ0) is 13.3. The normalized spacial score (nSPS) is 15.2. The van der Waals surface area contributed by atoms with Gasteiger partial charge in [0.1, 0.15) is 5.60 Å². The molecule has 0 bridgehead atoms. The number of fused-ring (bicyclic) bond motifs is 1. The molecule has 0 atom stereocenters. The average molecular weight is 359 g/mol. The van der Waals surface area contributed by atoms with Crippen LogP contribution >= 0.6 is 22.6 Å². The molecular formula is C14H18INO2. The highest BCUT2D eigenvalue weighted by Gasteiger charge is 2.28. The van der Waals surface area contributed by atoms with Crippen LogP contribution in [0.1, 0.15) is 32.8 Å². The summed E-state index contributed by atoms with van der Waals surface area (Å²) in [6.45, 7) is 6.42. The van der Waals surface area contributed by atoms with E-state index in [0.29, 0.717) is 0 Å². The Balaban J connectivity index is 2.30. The second kappa shape index (κ2) is 5.07. The van der Waals surface area contributed by atoms with Gasteiger partial charge in [0.05, 0.1) is 5.69 Å². The van der Waals surface area contributed by atoms with E-state index in [9.17, 15) is 4.79 Å². The van der Waals surface area contributed by atoms with Crippen molar-refractivity contribution in [2.75, 3.05) is 11.4 Å². The number of carbonyl (C=O) groups excluding carboxylic acids is 1. The molecule has 0 saturated carbocycles. The molecular weight excluding hydrogens is 341 g/mol. The molecule has 1 aliphatic heterocycles. The maximum Gasteiger partial charge on any atom is 0.414 e. The first-order valence-corrected chi connectivity index (χ1v) is 7.24. The quantitative estimate of drug-likeness (QED) is 0.656. The van der Waals surface area contributed by atoms with Gasteiger partial charge in [-0.15, -0.1) is 0 Å². The number of hydrogen-bond acceptors (Lipinski definition) is 2. The molecule has 4 heteroatoms. The summed E-state index contributed by atoms with van der Waals surface area (Å²) in [5.41, 5.74) is 1.81. The second-order valence-corrected chi connectivity index (χ2v) is 6.65. The molecule has 1 aliphatic rings. The highest BCUT2D eigenvalue weighted by atomic mass is 127. The fourth-order valence-corrected chi connectivity index (χ4v) is 2.95. The molecule has 1 aromatic rings. The van der Waals surface area contributed by atoms with Crippen molar-refractivity contribution >= 4 is 34.4 Å². The highest BCUT2D eigenvalue weighted by Crippen LogP contribution is 2.32. The molecule has 98 valence electrons. The largest absolute Gasteiger partial charge is 0.443 e. The van der Waals surface area contributed by atoms with E-state index in [1.165, 1.54) is 5.56 Å². The monoisotopic (exact) mass is 359 g/mol. The molecule has 2 rings (SSSR count). The van der Waals surface area contributed by atoms with Crippen molar-refractivity contribution in [3.63, 3.8) is 0 Å². The van der Waals surface area contributed by atoms with Gasteiger partial charge < -0.3 is 4.74 Å². The van der Waals surface area contributed by atoms with E-state index in [0.717, 1.165) is 28.6 Å². The summed E-state index contributed by atoms with van der Waals surface area (Å²) in [6, 6.07) is 6.16. The average Bonchev–Trinajstić information content (AvgIpc) is 2.26. The minimum absolute atomic E-state index is 0.243. The summed E-state index contributed by atoms with van der Waals surface area (Å²) in [7, 11) is 0. The fourth-order valence-electron chi connectivity index (χ4n) is 2.10. The van der Waals surface area contributed by atoms with Gasteiger partial charge in [-0.2, -0.15) is 0 Å². The number of hydrogen-bond donors (Lipinski definition) is 0. The standard InChI is InChI=1S/C14H18INO2/c1-14(2,3)18-13(17)16-9-5-7-10-6-4-8-11(15)12(10)16/h4,6,8H,5,7,9H2,1-3H3. The molecule has 3 nitrogen and oxygen atoms in total. The minimum atomic E-state index is -0.449. The second-order valence-electron chi connectivity index (χ2n) is 5.48. The Labute approximate surface area is 122 Å². The number of ether oxygens (including phenoxy) is 1. The van der Waals surface area contributed by atoms with Crippen LogP contribution in [-0.2, 0) is 11.2 Å². The zero-order valence-corrected chi connectivity index (χ0v) is 13.2. The van der Waals surface area contributed by atoms with Crippen molar-refractivity contribution in [1.29, 1.82) is 0 Å². The molecule has 1 heterocycles. The lowest BCUT2D eigenvalue weighted by atomic mass is 10.0. The van der Waals surface area contributed by atoms with Gasteiger partial charge in [0.25, 0.3) is 0 Å². The first kappa shape index (κ1) is 13.6. The number of aryl methyl sites for hydroxylation is 1. The maximum absolute atomic E-state index is 12.2. The molecule has 18 heavy (non-hydrogen) atoms. The number of benzene rings is 1. The topological polar surface area (TPSA) is 29.5 Å². The predicted molar refractivity (Wildman–Crippen MR) is 81.1 cm³/mol. The Kier molecular flexibility index (Phi) is 3.84. The lowest BCUT2D eigenvalue weighted by Crippen LogP contribution is -2.40. The van der Waals surface area contributed by atoms with Crippen molar-refractivity contribution < 1.29 is 9.53 Å². The van der Waals surface area contributed by atoms with Gasteiger partial charge >= 0.3 is 6.09 Å². The minimum Gasteiger partial charge on any atom is -0.443 e. The number of carbonyl (C=O) groups is 1.